The zero-order valence-electron chi connectivity index (χ0n) is 14.7. The van der Waals surface area contributed by atoms with Gasteiger partial charge in [0.05, 0.1) is 24.2 Å². The van der Waals surface area contributed by atoms with Crippen molar-refractivity contribution in [1.82, 2.24) is 10.0 Å². The quantitative estimate of drug-likeness (QED) is 0.659. The summed E-state index contributed by atoms with van der Waals surface area (Å²) in [6, 6.07) is 3.11. The lowest BCUT2D eigenvalue weighted by atomic mass is 9.80. The number of hydrogen-bond donors (Lipinski definition) is 2. The fraction of sp³-hybridized carbons (Fsp3) is 0.562. The molecule has 1 aliphatic heterocycles. The van der Waals surface area contributed by atoms with Gasteiger partial charge in [0.15, 0.2) is 0 Å². The molecule has 2 N–H and O–H groups in total. The van der Waals surface area contributed by atoms with E-state index in [0.29, 0.717) is 6.61 Å². The molecule has 1 saturated heterocycles. The molecule has 148 valence electrons. The highest BCUT2D eigenvalue weighted by Crippen LogP contribution is 2.29. The predicted octanol–water partition coefficient (Wildman–Crippen LogP) is 1.33. The molecule has 0 amide bonds. The minimum absolute atomic E-state index is 0. The van der Waals surface area contributed by atoms with Gasteiger partial charge in [-0.3, -0.25) is 0 Å². The van der Waals surface area contributed by atoms with Gasteiger partial charge in [-0.2, -0.15) is 0 Å². The standard InChI is InChI=1S/C16H23FN2O5S.ClH/c1-23-11-16(5-7-18-8-6-16)10-19-25(21,22)12-3-4-13(14(17)9-12)15(20)24-2;/h3-4,9,18-19H,5-8,10-11H2,1-2H3;1H. The lowest BCUT2D eigenvalue weighted by Crippen LogP contribution is -2.47. The molecule has 0 aliphatic carbocycles. The van der Waals surface area contributed by atoms with E-state index in [1.165, 1.54) is 6.07 Å². The van der Waals surface area contributed by atoms with Crippen molar-refractivity contribution in [2.24, 2.45) is 5.41 Å². The van der Waals surface area contributed by atoms with Gasteiger partial charge >= 0.3 is 5.97 Å². The number of piperidine rings is 1. The summed E-state index contributed by atoms with van der Waals surface area (Å²) in [6.07, 6.45) is 1.55. The van der Waals surface area contributed by atoms with Gasteiger partial charge in [-0.05, 0) is 44.1 Å². The first-order valence-electron chi connectivity index (χ1n) is 7.91. The molecule has 0 unspecified atom stereocenters. The molecule has 0 radical (unpaired) electrons. The second-order valence-electron chi connectivity index (χ2n) is 6.14. The predicted molar refractivity (Wildman–Crippen MR) is 96.6 cm³/mol. The van der Waals surface area contributed by atoms with Crippen LogP contribution < -0.4 is 10.0 Å². The van der Waals surface area contributed by atoms with E-state index >= 15 is 0 Å². The van der Waals surface area contributed by atoms with Crippen LogP contribution in [0.3, 0.4) is 0 Å². The van der Waals surface area contributed by atoms with E-state index in [4.69, 9.17) is 4.74 Å². The van der Waals surface area contributed by atoms with E-state index in [1.807, 2.05) is 0 Å². The molecule has 0 aromatic heterocycles. The molecule has 7 nitrogen and oxygen atoms in total. The van der Waals surface area contributed by atoms with Crippen LogP contribution in [0.25, 0.3) is 0 Å². The van der Waals surface area contributed by atoms with Crippen molar-refractivity contribution in [1.29, 1.82) is 0 Å². The number of benzene rings is 1. The number of rotatable bonds is 7. The first-order chi connectivity index (χ1) is 11.8. The van der Waals surface area contributed by atoms with Crippen LogP contribution in [0.5, 0.6) is 0 Å². The van der Waals surface area contributed by atoms with Gasteiger partial charge in [0, 0.05) is 19.1 Å². The van der Waals surface area contributed by atoms with Crippen LogP contribution in [-0.4, -0.2) is 54.8 Å². The van der Waals surface area contributed by atoms with Crippen molar-refractivity contribution in [3.8, 4) is 0 Å². The Kier molecular flexibility index (Phi) is 8.42. The molecule has 1 aromatic carbocycles. The van der Waals surface area contributed by atoms with Crippen molar-refractivity contribution < 1.29 is 27.1 Å². The monoisotopic (exact) mass is 410 g/mol. The van der Waals surface area contributed by atoms with Gasteiger partial charge in [-0.15, -0.1) is 12.4 Å². The molecule has 0 bridgehead atoms. The Labute approximate surface area is 159 Å². The number of ether oxygens (including phenoxy) is 2. The first-order valence-corrected chi connectivity index (χ1v) is 9.39. The summed E-state index contributed by atoms with van der Waals surface area (Å²) in [7, 11) is -1.20. The zero-order chi connectivity index (χ0) is 18.5. The maximum atomic E-state index is 14.0. The molecule has 1 heterocycles. The first kappa shape index (κ1) is 22.8. The SMILES string of the molecule is COCC1(CNS(=O)(=O)c2ccc(C(=O)OC)c(F)c2)CCNCC1.Cl. The molecule has 1 aromatic rings. The number of halogens is 2. The molecule has 0 spiro atoms. The molecule has 0 atom stereocenters. The Morgan fingerprint density at radius 2 is 1.96 bits per heavy atom. The van der Waals surface area contributed by atoms with Crippen molar-refractivity contribution in [2.75, 3.05) is 40.5 Å². The number of esters is 1. The molecule has 0 saturated carbocycles. The highest BCUT2D eigenvalue weighted by Gasteiger charge is 2.33. The molecule has 1 aliphatic rings. The van der Waals surface area contributed by atoms with Crippen molar-refractivity contribution >= 4 is 28.4 Å². The second kappa shape index (κ2) is 9.61. The molecule has 2 rings (SSSR count). The average Bonchev–Trinajstić information content (AvgIpc) is 2.60. The van der Waals surface area contributed by atoms with Crippen LogP contribution in [0.4, 0.5) is 4.39 Å². The highest BCUT2D eigenvalue weighted by atomic mass is 35.5. The summed E-state index contributed by atoms with van der Waals surface area (Å²) in [5, 5.41) is 3.23. The maximum Gasteiger partial charge on any atom is 0.340 e. The number of hydrogen-bond acceptors (Lipinski definition) is 6. The van der Waals surface area contributed by atoms with Crippen molar-refractivity contribution in [3.63, 3.8) is 0 Å². The van der Waals surface area contributed by atoms with E-state index in [2.05, 4.69) is 14.8 Å². The molecule has 26 heavy (non-hydrogen) atoms. The summed E-state index contributed by atoms with van der Waals surface area (Å²) < 4.78 is 51.2. The molecule has 10 heteroatoms. The van der Waals surface area contributed by atoms with Gasteiger partial charge in [-0.25, -0.2) is 22.3 Å². The van der Waals surface area contributed by atoms with Crippen LogP contribution in [-0.2, 0) is 19.5 Å². The van der Waals surface area contributed by atoms with E-state index in [1.54, 1.807) is 7.11 Å². The Hall–Kier alpha value is -1.26. The summed E-state index contributed by atoms with van der Waals surface area (Å²) in [5.41, 5.74) is -0.604. The molecular weight excluding hydrogens is 387 g/mol. The third-order valence-electron chi connectivity index (χ3n) is 4.41. The van der Waals surface area contributed by atoms with Crippen LogP contribution in [0.2, 0.25) is 0 Å². The fourth-order valence-corrected chi connectivity index (χ4v) is 4.07. The van der Waals surface area contributed by atoms with Crippen molar-refractivity contribution in [2.45, 2.75) is 17.7 Å². The Morgan fingerprint density at radius 3 is 2.50 bits per heavy atom. The minimum Gasteiger partial charge on any atom is -0.465 e. The van der Waals surface area contributed by atoms with Crippen LogP contribution in [0, 0.1) is 11.2 Å². The number of sulfonamides is 1. The normalized spacial score (nSPS) is 16.6. The third kappa shape index (κ3) is 5.37. The van der Waals surface area contributed by atoms with Gasteiger partial charge in [0.2, 0.25) is 10.0 Å². The van der Waals surface area contributed by atoms with Crippen LogP contribution in [0.15, 0.2) is 23.1 Å². The van der Waals surface area contributed by atoms with Gasteiger partial charge in [0.1, 0.15) is 5.82 Å². The number of methoxy groups -OCH3 is 2. The Bertz CT molecular complexity index is 718. The highest BCUT2D eigenvalue weighted by molar-refractivity contribution is 7.89. The average molecular weight is 411 g/mol. The number of carbonyl (C=O) groups is 1. The summed E-state index contributed by atoms with van der Waals surface area (Å²) >= 11 is 0. The van der Waals surface area contributed by atoms with E-state index in [0.717, 1.165) is 45.2 Å². The smallest absolute Gasteiger partial charge is 0.340 e. The largest absolute Gasteiger partial charge is 0.465 e. The summed E-state index contributed by atoms with van der Waals surface area (Å²) in [6.45, 7) is 2.21. The lowest BCUT2D eigenvalue weighted by molar-refractivity contribution is 0.0577. The number of carbonyl (C=O) groups excluding carboxylic acids is 1. The lowest BCUT2D eigenvalue weighted by Gasteiger charge is -2.37. The molecular formula is C16H24ClFN2O5S. The van der Waals surface area contributed by atoms with Gasteiger partial charge in [0.25, 0.3) is 0 Å². The Morgan fingerprint density at radius 1 is 1.31 bits per heavy atom. The summed E-state index contributed by atoms with van der Waals surface area (Å²) in [4.78, 5) is 11.2. The van der Waals surface area contributed by atoms with E-state index in [9.17, 15) is 17.6 Å². The minimum atomic E-state index is -3.91. The van der Waals surface area contributed by atoms with Crippen LogP contribution in [0.1, 0.15) is 23.2 Å². The van der Waals surface area contributed by atoms with E-state index in [-0.39, 0.29) is 34.8 Å². The summed E-state index contributed by atoms with van der Waals surface area (Å²) in [5.74, 6) is -1.80. The molecule has 1 fully saturated rings. The van der Waals surface area contributed by atoms with Crippen LogP contribution >= 0.6 is 12.4 Å². The number of nitrogens with one attached hydrogen (secondary N) is 2. The van der Waals surface area contributed by atoms with Gasteiger partial charge in [-0.1, -0.05) is 0 Å². The zero-order valence-corrected chi connectivity index (χ0v) is 16.3. The third-order valence-corrected chi connectivity index (χ3v) is 5.81. The van der Waals surface area contributed by atoms with E-state index < -0.39 is 21.8 Å². The fourth-order valence-electron chi connectivity index (χ4n) is 2.91. The maximum absolute atomic E-state index is 14.0. The van der Waals surface area contributed by atoms with Crippen molar-refractivity contribution in [3.05, 3.63) is 29.6 Å². The Balaban J connectivity index is 0.00000338. The topological polar surface area (TPSA) is 93.7 Å². The second-order valence-corrected chi connectivity index (χ2v) is 7.91. The van der Waals surface area contributed by atoms with Gasteiger partial charge < -0.3 is 14.8 Å².